The number of Topliss-reactive ketones (excluding diaryl/α,β-unsaturated/α-hetero) is 1. The molecule has 0 heterocycles. The Bertz CT molecular complexity index is 136. The Labute approximate surface area is 74.7 Å². The topological polar surface area (TPSA) is 29.5 Å². The van der Waals surface area contributed by atoms with E-state index in [0.717, 1.165) is 6.54 Å². The Morgan fingerprint density at radius 2 is 2.17 bits per heavy atom. The molecule has 0 rings (SSSR count). The lowest BCUT2D eigenvalue weighted by atomic mass is 10.1. The summed E-state index contributed by atoms with van der Waals surface area (Å²) in [7, 11) is 3.61. The summed E-state index contributed by atoms with van der Waals surface area (Å²) >= 11 is 0. The van der Waals surface area contributed by atoms with Crippen molar-refractivity contribution in [1.29, 1.82) is 0 Å². The summed E-state index contributed by atoms with van der Waals surface area (Å²) in [6.45, 7) is 5.31. The van der Waals surface area contributed by atoms with Crippen LogP contribution in [0.25, 0.3) is 0 Å². The molecule has 0 aromatic carbocycles. The van der Waals surface area contributed by atoms with Crippen LogP contribution in [0.2, 0.25) is 0 Å². The highest BCUT2D eigenvalue weighted by Gasteiger charge is 2.14. The molecular formula is C9H19NO2. The Morgan fingerprint density at radius 3 is 2.58 bits per heavy atom. The Hall–Kier alpha value is -0.410. The van der Waals surface area contributed by atoms with E-state index in [4.69, 9.17) is 4.74 Å². The van der Waals surface area contributed by atoms with Gasteiger partial charge in [0.05, 0.1) is 12.6 Å². The maximum atomic E-state index is 11.2. The van der Waals surface area contributed by atoms with E-state index in [1.807, 2.05) is 25.8 Å². The number of rotatable bonds is 6. The smallest absolute Gasteiger partial charge is 0.149 e. The van der Waals surface area contributed by atoms with Gasteiger partial charge < -0.3 is 4.74 Å². The molecule has 0 N–H and O–H groups in total. The zero-order valence-electron chi connectivity index (χ0n) is 8.46. The average Bonchev–Trinajstić information content (AvgIpc) is 2.11. The number of likely N-dealkylation sites (N-methyl/N-ethyl adjacent to an activating group) is 1. The van der Waals surface area contributed by atoms with E-state index in [9.17, 15) is 4.79 Å². The molecule has 1 atom stereocenters. The van der Waals surface area contributed by atoms with Crippen molar-refractivity contribution in [2.75, 3.05) is 27.3 Å². The molecule has 0 aliphatic rings. The second kappa shape index (κ2) is 6.14. The molecule has 0 amide bonds. The van der Waals surface area contributed by atoms with Crippen molar-refractivity contribution in [3.63, 3.8) is 0 Å². The minimum absolute atomic E-state index is 0.0187. The summed E-state index contributed by atoms with van der Waals surface area (Å²) in [4.78, 5) is 13.2. The molecule has 0 saturated heterocycles. The molecule has 0 bridgehead atoms. The van der Waals surface area contributed by atoms with E-state index in [-0.39, 0.29) is 11.8 Å². The van der Waals surface area contributed by atoms with Gasteiger partial charge in [0.2, 0.25) is 0 Å². The Kier molecular flexibility index (Phi) is 5.93. The minimum Gasteiger partial charge on any atom is -0.383 e. The van der Waals surface area contributed by atoms with Gasteiger partial charge in [-0.1, -0.05) is 6.92 Å². The number of ketones is 1. The maximum Gasteiger partial charge on any atom is 0.149 e. The lowest BCUT2D eigenvalue weighted by Gasteiger charge is -2.22. The van der Waals surface area contributed by atoms with Gasteiger partial charge in [-0.15, -0.1) is 0 Å². The van der Waals surface area contributed by atoms with Crippen LogP contribution in [0, 0.1) is 0 Å². The number of hydrogen-bond donors (Lipinski definition) is 0. The van der Waals surface area contributed by atoms with Gasteiger partial charge in [0.25, 0.3) is 0 Å². The number of ether oxygens (including phenoxy) is 1. The molecule has 12 heavy (non-hydrogen) atoms. The molecular weight excluding hydrogens is 154 g/mol. The molecule has 0 fully saturated rings. The molecule has 0 aromatic rings. The van der Waals surface area contributed by atoms with Crippen LogP contribution >= 0.6 is 0 Å². The van der Waals surface area contributed by atoms with Gasteiger partial charge in [0, 0.05) is 20.1 Å². The number of nitrogens with zero attached hydrogens (tertiary/aromatic N) is 1. The van der Waals surface area contributed by atoms with E-state index in [2.05, 4.69) is 0 Å². The van der Waals surface area contributed by atoms with Crippen LogP contribution in [0.4, 0.5) is 0 Å². The van der Waals surface area contributed by atoms with E-state index < -0.39 is 0 Å². The molecule has 72 valence electrons. The predicted molar refractivity (Wildman–Crippen MR) is 49.3 cm³/mol. The lowest BCUT2D eigenvalue weighted by Crippen LogP contribution is -2.37. The molecule has 0 aromatic heterocycles. The zero-order valence-corrected chi connectivity index (χ0v) is 8.46. The molecule has 0 aliphatic heterocycles. The molecule has 3 nitrogen and oxygen atoms in total. The van der Waals surface area contributed by atoms with Crippen LogP contribution in [-0.4, -0.2) is 44.0 Å². The minimum atomic E-state index is 0.0187. The highest BCUT2D eigenvalue weighted by atomic mass is 16.5. The van der Waals surface area contributed by atoms with E-state index >= 15 is 0 Å². The predicted octanol–water partition coefficient (Wildman–Crippen LogP) is 0.932. The van der Waals surface area contributed by atoms with Crippen molar-refractivity contribution in [2.24, 2.45) is 0 Å². The Morgan fingerprint density at radius 1 is 1.58 bits per heavy atom. The van der Waals surface area contributed by atoms with Crippen molar-refractivity contribution in [3.05, 3.63) is 0 Å². The summed E-state index contributed by atoms with van der Waals surface area (Å²) < 4.78 is 4.92. The van der Waals surface area contributed by atoms with Crippen molar-refractivity contribution in [2.45, 2.75) is 26.3 Å². The molecule has 3 heteroatoms. The summed E-state index contributed by atoms with van der Waals surface area (Å²) in [5.41, 5.74) is 0. The molecule has 0 saturated carbocycles. The first-order valence-electron chi connectivity index (χ1n) is 4.35. The summed E-state index contributed by atoms with van der Waals surface area (Å²) in [5.74, 6) is 0.286. The van der Waals surface area contributed by atoms with Gasteiger partial charge in [-0.25, -0.2) is 0 Å². The van der Waals surface area contributed by atoms with Gasteiger partial charge in [-0.05, 0) is 14.0 Å². The number of carbonyl (C=O) groups excluding carboxylic acids is 1. The van der Waals surface area contributed by atoms with Crippen LogP contribution in [0.1, 0.15) is 20.3 Å². The fourth-order valence-corrected chi connectivity index (χ4v) is 0.970. The largest absolute Gasteiger partial charge is 0.383 e. The van der Waals surface area contributed by atoms with Crippen molar-refractivity contribution >= 4 is 5.78 Å². The van der Waals surface area contributed by atoms with Gasteiger partial charge in [0.15, 0.2) is 0 Å². The average molecular weight is 173 g/mol. The number of hydrogen-bond acceptors (Lipinski definition) is 3. The fourth-order valence-electron chi connectivity index (χ4n) is 0.970. The third-order valence-corrected chi connectivity index (χ3v) is 2.12. The van der Waals surface area contributed by atoms with Crippen molar-refractivity contribution in [1.82, 2.24) is 4.90 Å². The number of methoxy groups -OCH3 is 1. The first-order chi connectivity index (χ1) is 5.63. The fraction of sp³-hybridized carbons (Fsp3) is 0.889. The molecule has 0 radical (unpaired) electrons. The number of carbonyl (C=O) groups is 1. The van der Waals surface area contributed by atoms with E-state index in [1.165, 1.54) is 0 Å². The quantitative estimate of drug-likeness (QED) is 0.598. The molecule has 0 aliphatic carbocycles. The van der Waals surface area contributed by atoms with E-state index in [1.54, 1.807) is 7.11 Å². The van der Waals surface area contributed by atoms with E-state index in [0.29, 0.717) is 13.0 Å². The van der Waals surface area contributed by atoms with Gasteiger partial charge in [0.1, 0.15) is 5.78 Å². The van der Waals surface area contributed by atoms with Crippen molar-refractivity contribution < 1.29 is 9.53 Å². The van der Waals surface area contributed by atoms with Gasteiger partial charge in [-0.2, -0.15) is 0 Å². The Balaban J connectivity index is 3.75. The van der Waals surface area contributed by atoms with Gasteiger partial charge >= 0.3 is 0 Å². The SMILES string of the molecule is CCC(=O)C(C)N(C)CCOC. The second-order valence-corrected chi connectivity index (χ2v) is 2.97. The lowest BCUT2D eigenvalue weighted by molar-refractivity contribution is -0.123. The van der Waals surface area contributed by atoms with Crippen LogP contribution in [-0.2, 0) is 9.53 Å². The van der Waals surface area contributed by atoms with Crippen molar-refractivity contribution in [3.8, 4) is 0 Å². The highest BCUT2D eigenvalue weighted by molar-refractivity contribution is 5.83. The standard InChI is InChI=1S/C9H19NO2/c1-5-9(11)8(2)10(3)6-7-12-4/h8H,5-7H2,1-4H3. The van der Waals surface area contributed by atoms with Crippen LogP contribution in [0.5, 0.6) is 0 Å². The normalized spacial score (nSPS) is 13.4. The maximum absolute atomic E-state index is 11.2. The van der Waals surface area contributed by atoms with Crippen LogP contribution in [0.3, 0.4) is 0 Å². The summed E-state index contributed by atoms with van der Waals surface area (Å²) in [5, 5.41) is 0. The third kappa shape index (κ3) is 3.83. The summed E-state index contributed by atoms with van der Waals surface area (Å²) in [6, 6.07) is 0.0187. The molecule has 1 unspecified atom stereocenters. The zero-order chi connectivity index (χ0) is 9.56. The first kappa shape index (κ1) is 11.6. The summed E-state index contributed by atoms with van der Waals surface area (Å²) in [6.07, 6.45) is 0.610. The first-order valence-corrected chi connectivity index (χ1v) is 4.35. The third-order valence-electron chi connectivity index (χ3n) is 2.12. The van der Waals surface area contributed by atoms with Crippen LogP contribution < -0.4 is 0 Å². The van der Waals surface area contributed by atoms with Gasteiger partial charge in [-0.3, -0.25) is 9.69 Å². The molecule has 0 spiro atoms. The second-order valence-electron chi connectivity index (χ2n) is 2.97. The monoisotopic (exact) mass is 173 g/mol. The van der Waals surface area contributed by atoms with Crippen LogP contribution in [0.15, 0.2) is 0 Å². The highest BCUT2D eigenvalue weighted by Crippen LogP contribution is 1.99.